The smallest absolute Gasteiger partial charge is 0.238 e. The SMILES string of the molecule is CCNCC(=O)Nc1ccc2c(c1)C(=O)c1c(O)cc3c(c1C2=O)NC1C#C/C=C\C#CC(O)C3[C@]1(O)C(C)O. The van der Waals surface area contributed by atoms with Crippen LogP contribution in [0, 0.1) is 23.7 Å². The van der Waals surface area contributed by atoms with E-state index < -0.39 is 47.1 Å². The van der Waals surface area contributed by atoms with Crippen molar-refractivity contribution in [1.29, 1.82) is 0 Å². The number of aliphatic hydroxyl groups excluding tert-OH is 2. The first-order valence-corrected chi connectivity index (χ1v) is 12.8. The minimum absolute atomic E-state index is 0.00336. The Hall–Kier alpha value is -4.45. The van der Waals surface area contributed by atoms with Crippen LogP contribution < -0.4 is 16.0 Å². The van der Waals surface area contributed by atoms with Crippen LogP contribution >= 0.6 is 0 Å². The number of allylic oxidation sites excluding steroid dienone is 2. The van der Waals surface area contributed by atoms with Crippen LogP contribution in [0.15, 0.2) is 36.4 Å². The maximum absolute atomic E-state index is 13.9. The van der Waals surface area contributed by atoms with Crippen molar-refractivity contribution in [3.8, 4) is 29.4 Å². The van der Waals surface area contributed by atoms with E-state index in [4.69, 9.17) is 0 Å². The third-order valence-corrected chi connectivity index (χ3v) is 7.40. The molecule has 1 amide bonds. The number of aliphatic hydroxyl groups is 3. The van der Waals surface area contributed by atoms with Gasteiger partial charge in [0, 0.05) is 16.8 Å². The molecule has 5 atom stereocenters. The fourth-order valence-electron chi connectivity index (χ4n) is 5.46. The van der Waals surface area contributed by atoms with E-state index in [9.17, 15) is 34.8 Å². The molecular weight excluding hydrogens is 514 g/mol. The lowest BCUT2D eigenvalue weighted by atomic mass is 9.66. The Bertz CT molecular complexity index is 1600. The number of hydrogen-bond donors (Lipinski definition) is 7. The van der Waals surface area contributed by atoms with Crippen LogP contribution in [0.4, 0.5) is 11.4 Å². The topological polar surface area (TPSA) is 168 Å². The molecule has 10 nitrogen and oxygen atoms in total. The molecule has 0 saturated heterocycles. The molecule has 7 N–H and O–H groups in total. The molecule has 2 aliphatic carbocycles. The molecule has 1 aliphatic heterocycles. The fourth-order valence-corrected chi connectivity index (χ4v) is 5.46. The van der Waals surface area contributed by atoms with Crippen molar-refractivity contribution in [1.82, 2.24) is 5.32 Å². The highest BCUT2D eigenvalue weighted by Crippen LogP contribution is 2.50. The van der Waals surface area contributed by atoms with E-state index in [2.05, 4.69) is 39.6 Å². The van der Waals surface area contributed by atoms with E-state index in [1.807, 2.05) is 6.92 Å². The van der Waals surface area contributed by atoms with Crippen LogP contribution in [-0.4, -0.2) is 74.8 Å². The number of benzene rings is 2. The molecule has 2 bridgehead atoms. The van der Waals surface area contributed by atoms with Gasteiger partial charge in [0.15, 0.2) is 11.6 Å². The number of nitrogens with one attached hydrogen (secondary N) is 3. The van der Waals surface area contributed by atoms with Gasteiger partial charge in [-0.25, -0.2) is 0 Å². The summed E-state index contributed by atoms with van der Waals surface area (Å²) in [6, 6.07) is 4.31. The lowest BCUT2D eigenvalue weighted by Crippen LogP contribution is -2.62. The summed E-state index contributed by atoms with van der Waals surface area (Å²) in [6.45, 7) is 3.86. The Kier molecular flexibility index (Phi) is 6.96. The van der Waals surface area contributed by atoms with Crippen molar-refractivity contribution >= 4 is 28.8 Å². The van der Waals surface area contributed by atoms with E-state index in [1.165, 1.54) is 43.3 Å². The summed E-state index contributed by atoms with van der Waals surface area (Å²) in [4.78, 5) is 39.7. The van der Waals surface area contributed by atoms with Crippen LogP contribution in [0.2, 0.25) is 0 Å². The molecule has 0 fully saturated rings. The highest BCUT2D eigenvalue weighted by molar-refractivity contribution is 6.31. The molecule has 204 valence electrons. The number of carbonyl (C=O) groups is 3. The molecule has 3 aliphatic rings. The van der Waals surface area contributed by atoms with E-state index in [0.29, 0.717) is 12.2 Å². The van der Waals surface area contributed by atoms with Crippen molar-refractivity contribution in [2.24, 2.45) is 0 Å². The Labute approximate surface area is 230 Å². The number of fused-ring (bicyclic) bond motifs is 7. The quantitative estimate of drug-likeness (QED) is 0.181. The summed E-state index contributed by atoms with van der Waals surface area (Å²) < 4.78 is 0. The van der Waals surface area contributed by atoms with Gasteiger partial charge in [0.05, 0.1) is 35.4 Å². The average Bonchev–Trinajstić information content (AvgIpc) is 2.91. The van der Waals surface area contributed by atoms with Gasteiger partial charge in [0.1, 0.15) is 23.5 Å². The van der Waals surface area contributed by atoms with Gasteiger partial charge in [-0.05, 0) is 55.4 Å². The zero-order valence-electron chi connectivity index (χ0n) is 21.7. The number of ketones is 2. The number of aromatic hydroxyl groups is 1. The lowest BCUT2D eigenvalue weighted by molar-refractivity contribution is -0.115. The Balaban J connectivity index is 1.67. The van der Waals surface area contributed by atoms with Crippen molar-refractivity contribution in [2.45, 2.75) is 43.6 Å². The zero-order valence-corrected chi connectivity index (χ0v) is 21.7. The summed E-state index contributed by atoms with van der Waals surface area (Å²) in [5.41, 5.74) is -1.93. The molecule has 10 heteroatoms. The number of amides is 1. The monoisotopic (exact) mass is 541 g/mol. The van der Waals surface area contributed by atoms with E-state index in [0.717, 1.165) is 0 Å². The van der Waals surface area contributed by atoms with Crippen LogP contribution in [0.1, 0.15) is 57.2 Å². The standard InChI is InChI=1S/C30H27N3O7/c1-3-31-14-23(37)32-16-10-11-17-18(12-16)29(39)24-21(36)13-19-26-20(35)8-6-4-5-7-9-22(30(26,40)15(2)34)33-27(19)25(24)28(17)38/h4-5,10-13,15,20,22,26,31,33-36,40H,3,14H2,1-2H3,(H,32,37)/b5-4-/t15?,20?,22?,26?,30-/m0/s1. The van der Waals surface area contributed by atoms with Gasteiger partial charge in [0.2, 0.25) is 5.91 Å². The first-order chi connectivity index (χ1) is 19.1. The Morgan fingerprint density at radius 1 is 1.10 bits per heavy atom. The second-order valence-electron chi connectivity index (χ2n) is 9.83. The number of hydrogen-bond acceptors (Lipinski definition) is 9. The molecule has 0 saturated carbocycles. The summed E-state index contributed by atoms with van der Waals surface area (Å²) >= 11 is 0. The van der Waals surface area contributed by atoms with Crippen LogP contribution in [-0.2, 0) is 4.79 Å². The predicted octanol–water partition coefficient (Wildman–Crippen LogP) is 0.643. The maximum atomic E-state index is 13.9. The summed E-state index contributed by atoms with van der Waals surface area (Å²) in [6.07, 6.45) is -0.0965. The van der Waals surface area contributed by atoms with Gasteiger partial charge < -0.3 is 36.4 Å². The molecule has 0 radical (unpaired) electrons. The normalized spacial score (nSPS) is 25.4. The molecule has 4 unspecified atom stereocenters. The molecular formula is C30H27N3O7. The van der Waals surface area contributed by atoms with Crippen LogP contribution in [0.5, 0.6) is 5.75 Å². The average molecular weight is 542 g/mol. The number of phenolic OH excluding ortho intramolecular Hbond substituents is 1. The number of carbonyl (C=O) groups excluding carboxylic acids is 3. The minimum atomic E-state index is -2.08. The van der Waals surface area contributed by atoms with Gasteiger partial charge in [0.25, 0.3) is 0 Å². The highest BCUT2D eigenvalue weighted by atomic mass is 16.3. The zero-order chi connectivity index (χ0) is 28.8. The Morgan fingerprint density at radius 3 is 2.50 bits per heavy atom. The lowest BCUT2D eigenvalue weighted by Gasteiger charge is -2.48. The Morgan fingerprint density at radius 2 is 1.80 bits per heavy atom. The summed E-state index contributed by atoms with van der Waals surface area (Å²) in [5, 5.41) is 53.2. The maximum Gasteiger partial charge on any atom is 0.238 e. The first kappa shape index (κ1) is 27.1. The predicted molar refractivity (Wildman–Crippen MR) is 146 cm³/mol. The molecule has 1 heterocycles. The highest BCUT2D eigenvalue weighted by Gasteiger charge is 2.56. The van der Waals surface area contributed by atoms with Gasteiger partial charge in [-0.3, -0.25) is 14.4 Å². The first-order valence-electron chi connectivity index (χ1n) is 12.8. The van der Waals surface area contributed by atoms with Crippen molar-refractivity contribution in [3.05, 3.63) is 64.2 Å². The van der Waals surface area contributed by atoms with E-state index in [-0.39, 0.29) is 46.0 Å². The fraction of sp³-hybridized carbons (Fsp3) is 0.300. The van der Waals surface area contributed by atoms with Gasteiger partial charge >= 0.3 is 0 Å². The largest absolute Gasteiger partial charge is 0.507 e. The van der Waals surface area contributed by atoms with Crippen molar-refractivity contribution in [3.63, 3.8) is 0 Å². The second-order valence-corrected chi connectivity index (χ2v) is 9.83. The third-order valence-electron chi connectivity index (χ3n) is 7.40. The molecule has 0 aromatic heterocycles. The van der Waals surface area contributed by atoms with Gasteiger partial charge in [-0.15, -0.1) is 0 Å². The number of likely N-dealkylation sites (N-methyl/N-ethyl adjacent to an activating group) is 1. The minimum Gasteiger partial charge on any atom is -0.507 e. The molecule has 0 spiro atoms. The second kappa shape index (κ2) is 10.3. The number of rotatable bonds is 5. The van der Waals surface area contributed by atoms with E-state index in [1.54, 1.807) is 0 Å². The van der Waals surface area contributed by atoms with Gasteiger partial charge in [-0.2, -0.15) is 0 Å². The molecule has 40 heavy (non-hydrogen) atoms. The van der Waals surface area contributed by atoms with Crippen molar-refractivity contribution < 1.29 is 34.8 Å². The third kappa shape index (κ3) is 4.24. The van der Waals surface area contributed by atoms with Crippen LogP contribution in [0.3, 0.4) is 0 Å². The van der Waals surface area contributed by atoms with Crippen molar-refractivity contribution in [2.75, 3.05) is 23.7 Å². The summed E-state index contributed by atoms with van der Waals surface area (Å²) in [5.74, 6) is 7.39. The van der Waals surface area contributed by atoms with Crippen LogP contribution in [0.25, 0.3) is 0 Å². The summed E-state index contributed by atoms with van der Waals surface area (Å²) in [7, 11) is 0. The van der Waals surface area contributed by atoms with E-state index >= 15 is 0 Å². The van der Waals surface area contributed by atoms with Gasteiger partial charge in [-0.1, -0.05) is 30.6 Å². The number of anilines is 2. The molecule has 5 rings (SSSR count). The molecule has 2 aromatic rings. The number of phenols is 1. The molecule has 2 aromatic carbocycles.